The molecule has 7 heteroatoms. The van der Waals surface area contributed by atoms with Crippen molar-refractivity contribution in [3.8, 4) is 5.75 Å². The SMILES string of the molecule is FC(F)Oc1ccc(Cl)cc1CNCCCn1cccn1. The Hall–Kier alpha value is -1.66. The number of rotatable bonds is 8. The Labute approximate surface area is 126 Å². The largest absolute Gasteiger partial charge is 0.434 e. The molecule has 2 rings (SSSR count). The van der Waals surface area contributed by atoms with Crippen LogP contribution in [-0.4, -0.2) is 22.9 Å². The van der Waals surface area contributed by atoms with Gasteiger partial charge in [-0.15, -0.1) is 0 Å². The molecular weight excluding hydrogens is 300 g/mol. The van der Waals surface area contributed by atoms with E-state index in [-0.39, 0.29) is 5.75 Å². The molecule has 0 bridgehead atoms. The maximum atomic E-state index is 12.3. The normalized spacial score (nSPS) is 11.0. The predicted molar refractivity (Wildman–Crippen MR) is 76.6 cm³/mol. The molecule has 114 valence electrons. The summed E-state index contributed by atoms with van der Waals surface area (Å²) < 4.78 is 30.9. The highest BCUT2D eigenvalue weighted by Crippen LogP contribution is 2.24. The van der Waals surface area contributed by atoms with Crippen LogP contribution in [0, 0.1) is 0 Å². The topological polar surface area (TPSA) is 39.1 Å². The van der Waals surface area contributed by atoms with E-state index in [1.807, 2.05) is 16.9 Å². The minimum atomic E-state index is -2.84. The summed E-state index contributed by atoms with van der Waals surface area (Å²) in [5, 5.41) is 7.77. The molecule has 0 fully saturated rings. The Bertz CT molecular complexity index is 549. The predicted octanol–water partition coefficient (Wildman–Crippen LogP) is 3.32. The van der Waals surface area contributed by atoms with Crippen LogP contribution in [0.25, 0.3) is 0 Å². The molecule has 4 nitrogen and oxygen atoms in total. The Morgan fingerprint density at radius 3 is 2.95 bits per heavy atom. The van der Waals surface area contributed by atoms with E-state index < -0.39 is 6.61 Å². The van der Waals surface area contributed by atoms with Crippen LogP contribution in [0.1, 0.15) is 12.0 Å². The van der Waals surface area contributed by atoms with Gasteiger partial charge in [-0.2, -0.15) is 13.9 Å². The number of nitrogens with zero attached hydrogens (tertiary/aromatic N) is 2. The molecule has 21 heavy (non-hydrogen) atoms. The number of halogens is 3. The van der Waals surface area contributed by atoms with Gasteiger partial charge >= 0.3 is 6.61 Å². The van der Waals surface area contributed by atoms with Crippen molar-refractivity contribution in [2.24, 2.45) is 0 Å². The number of aryl methyl sites for hydroxylation is 1. The number of hydrogen-bond donors (Lipinski definition) is 1. The number of ether oxygens (including phenoxy) is 1. The van der Waals surface area contributed by atoms with Crippen molar-refractivity contribution in [3.05, 3.63) is 47.2 Å². The third-order valence-electron chi connectivity index (χ3n) is 2.85. The summed E-state index contributed by atoms with van der Waals surface area (Å²) in [7, 11) is 0. The van der Waals surface area contributed by atoms with Crippen molar-refractivity contribution in [2.75, 3.05) is 6.54 Å². The summed E-state index contributed by atoms with van der Waals surface area (Å²) in [6.07, 6.45) is 4.51. The third kappa shape index (κ3) is 5.32. The number of aromatic nitrogens is 2. The minimum Gasteiger partial charge on any atom is -0.434 e. The lowest BCUT2D eigenvalue weighted by atomic mass is 10.2. The highest BCUT2D eigenvalue weighted by Gasteiger charge is 2.09. The summed E-state index contributed by atoms with van der Waals surface area (Å²) >= 11 is 5.88. The van der Waals surface area contributed by atoms with E-state index in [0.717, 1.165) is 19.5 Å². The second kappa shape index (κ2) is 7.95. The van der Waals surface area contributed by atoms with Gasteiger partial charge in [-0.25, -0.2) is 0 Å². The van der Waals surface area contributed by atoms with Crippen LogP contribution in [-0.2, 0) is 13.1 Å². The molecule has 1 aromatic carbocycles. The molecule has 1 heterocycles. The van der Waals surface area contributed by atoms with Gasteiger partial charge in [0.1, 0.15) is 5.75 Å². The number of nitrogens with one attached hydrogen (secondary N) is 1. The fourth-order valence-electron chi connectivity index (χ4n) is 1.92. The standard InChI is InChI=1S/C14H16ClF2N3O/c15-12-3-4-13(21-14(16)17)11(9-12)10-18-5-1-7-20-8-2-6-19-20/h2-4,6,8-9,14,18H,1,5,7,10H2. The van der Waals surface area contributed by atoms with E-state index in [1.54, 1.807) is 12.3 Å². The molecule has 0 spiro atoms. The molecule has 0 aliphatic heterocycles. The summed E-state index contributed by atoms with van der Waals surface area (Å²) in [4.78, 5) is 0. The molecule has 0 saturated heterocycles. The van der Waals surface area contributed by atoms with Crippen molar-refractivity contribution in [1.29, 1.82) is 0 Å². The van der Waals surface area contributed by atoms with Crippen LogP contribution >= 0.6 is 11.6 Å². The van der Waals surface area contributed by atoms with Gasteiger partial charge in [0.05, 0.1) is 0 Å². The smallest absolute Gasteiger partial charge is 0.387 e. The minimum absolute atomic E-state index is 0.147. The van der Waals surface area contributed by atoms with Crippen LogP contribution in [0.3, 0.4) is 0 Å². The van der Waals surface area contributed by atoms with Crippen LogP contribution in [0.2, 0.25) is 5.02 Å². The van der Waals surface area contributed by atoms with Crippen molar-refractivity contribution in [3.63, 3.8) is 0 Å². The molecule has 0 aliphatic rings. The first-order chi connectivity index (χ1) is 10.1. The maximum Gasteiger partial charge on any atom is 0.387 e. The number of alkyl halides is 2. The molecule has 0 radical (unpaired) electrons. The lowest BCUT2D eigenvalue weighted by molar-refractivity contribution is -0.0504. The third-order valence-corrected chi connectivity index (χ3v) is 3.09. The Morgan fingerprint density at radius 1 is 1.38 bits per heavy atom. The van der Waals surface area contributed by atoms with E-state index in [0.29, 0.717) is 17.1 Å². The van der Waals surface area contributed by atoms with Gasteiger partial charge in [0.15, 0.2) is 0 Å². The molecule has 0 aliphatic carbocycles. The molecule has 0 atom stereocenters. The molecule has 1 N–H and O–H groups in total. The first-order valence-electron chi connectivity index (χ1n) is 6.56. The molecular formula is C14H16ClF2N3O. The lowest BCUT2D eigenvalue weighted by Gasteiger charge is -2.12. The van der Waals surface area contributed by atoms with Gasteiger partial charge < -0.3 is 10.1 Å². The van der Waals surface area contributed by atoms with E-state index in [4.69, 9.17) is 11.6 Å². The van der Waals surface area contributed by atoms with Crippen LogP contribution in [0.4, 0.5) is 8.78 Å². The van der Waals surface area contributed by atoms with Crippen molar-refractivity contribution < 1.29 is 13.5 Å². The molecule has 1 aromatic heterocycles. The van der Waals surface area contributed by atoms with Gasteiger partial charge in [-0.3, -0.25) is 4.68 Å². The quantitative estimate of drug-likeness (QED) is 0.760. The van der Waals surface area contributed by atoms with E-state index >= 15 is 0 Å². The second-order valence-electron chi connectivity index (χ2n) is 4.43. The maximum absolute atomic E-state index is 12.3. The summed E-state index contributed by atoms with van der Waals surface area (Å²) in [6.45, 7) is -0.886. The zero-order valence-corrected chi connectivity index (χ0v) is 12.1. The first-order valence-corrected chi connectivity index (χ1v) is 6.94. The van der Waals surface area contributed by atoms with Crippen LogP contribution < -0.4 is 10.1 Å². The average Bonchev–Trinajstić information content (AvgIpc) is 2.94. The van der Waals surface area contributed by atoms with Gasteiger partial charge in [-0.1, -0.05) is 11.6 Å². The summed E-state index contributed by atoms with van der Waals surface area (Å²) in [5.41, 5.74) is 0.613. The monoisotopic (exact) mass is 315 g/mol. The molecule has 2 aromatic rings. The zero-order valence-electron chi connectivity index (χ0n) is 11.3. The van der Waals surface area contributed by atoms with E-state index in [1.165, 1.54) is 12.1 Å². The van der Waals surface area contributed by atoms with E-state index in [9.17, 15) is 8.78 Å². The van der Waals surface area contributed by atoms with Gasteiger partial charge in [0.2, 0.25) is 0 Å². The number of benzene rings is 1. The Kier molecular flexibility index (Phi) is 5.95. The highest BCUT2D eigenvalue weighted by atomic mass is 35.5. The second-order valence-corrected chi connectivity index (χ2v) is 4.87. The summed E-state index contributed by atoms with van der Waals surface area (Å²) in [5.74, 6) is 0.147. The van der Waals surface area contributed by atoms with E-state index in [2.05, 4.69) is 15.2 Å². The summed E-state index contributed by atoms with van der Waals surface area (Å²) in [6, 6.07) is 6.48. The molecule has 0 unspecified atom stereocenters. The lowest BCUT2D eigenvalue weighted by Crippen LogP contribution is -2.17. The van der Waals surface area contributed by atoms with Gasteiger partial charge in [0.25, 0.3) is 0 Å². The van der Waals surface area contributed by atoms with Crippen molar-refractivity contribution >= 4 is 11.6 Å². The van der Waals surface area contributed by atoms with Crippen LogP contribution in [0.5, 0.6) is 5.75 Å². The van der Waals surface area contributed by atoms with Gasteiger partial charge in [-0.05, 0) is 37.2 Å². The van der Waals surface area contributed by atoms with Gasteiger partial charge in [0, 0.05) is 36.1 Å². The zero-order chi connectivity index (χ0) is 15.1. The highest BCUT2D eigenvalue weighted by molar-refractivity contribution is 6.30. The first kappa shape index (κ1) is 15.7. The fraction of sp³-hybridized carbons (Fsp3) is 0.357. The van der Waals surface area contributed by atoms with Crippen LogP contribution in [0.15, 0.2) is 36.7 Å². The number of hydrogen-bond acceptors (Lipinski definition) is 3. The molecule has 0 saturated carbocycles. The Morgan fingerprint density at radius 2 is 2.24 bits per heavy atom. The van der Waals surface area contributed by atoms with Crippen molar-refractivity contribution in [2.45, 2.75) is 26.1 Å². The fourth-order valence-corrected chi connectivity index (χ4v) is 2.11. The Balaban J connectivity index is 1.80. The molecule has 0 amide bonds. The van der Waals surface area contributed by atoms with Crippen molar-refractivity contribution in [1.82, 2.24) is 15.1 Å². The average molecular weight is 316 g/mol.